The molecule has 0 saturated carbocycles. The van der Waals surface area contributed by atoms with Gasteiger partial charge in [0.1, 0.15) is 0 Å². The number of rotatable bonds is 16. The molecule has 28 aromatic carbocycles. The molecular weight excluding hydrogens is 1790 g/mol. The molecule has 0 aliphatic heterocycles. The van der Waals surface area contributed by atoms with Crippen LogP contribution in [-0.2, 0) is 0 Å². The van der Waals surface area contributed by atoms with E-state index < -0.39 is 0 Å². The minimum atomic E-state index is 1.10. The molecule has 4 heteroatoms. The van der Waals surface area contributed by atoms with Crippen LogP contribution < -0.4 is 19.6 Å². The van der Waals surface area contributed by atoms with Gasteiger partial charge in [-0.25, -0.2) is 0 Å². The van der Waals surface area contributed by atoms with Crippen LogP contribution in [0.1, 0.15) is 0 Å². The summed E-state index contributed by atoms with van der Waals surface area (Å²) in [4.78, 5) is 9.94. The Morgan fingerprint density at radius 3 is 0.547 bits per heavy atom. The standard InChI is InChI=1S/C76H44N2.C68H44N2/c1-3-15-57-55(13-1)59-17-7-19-63-69(43-39-61(57)75(59)63)77(67-41-31-51-23-21-47-9-5-11-49-29-37-65(67)73(51)71(47)49)53-33-25-45(26-34-53)46-27-35-54(36-28-46)78(68-42-32-52-24-22-48-10-6-12-50-30-38-66(68)74(52)72(48)50)70-44-40-62-58-16-4-2-14-56(58)60-18-8-20-64(70)76(60)62;1-3-17-47(18-4-1)51-21-11-13-31-63(51)69(65-43-41-59-55-25-9-7-23-53(55)57-27-15-29-61(65)67(57)59)49-37-33-45(34-38-49)46-35-39-50(40-36-46)70(64-32-14-12-22-52(64)48-19-5-2-6-20-48)66-44-42-60-56-26-10-8-24-54(56)58-28-16-30-62(66)68(58)60/h1-44H;1-44H. The van der Waals surface area contributed by atoms with Gasteiger partial charge in [-0.3, -0.25) is 0 Å². The lowest BCUT2D eigenvalue weighted by atomic mass is 9.92. The lowest BCUT2D eigenvalue weighted by Gasteiger charge is -2.30. The van der Waals surface area contributed by atoms with Crippen LogP contribution in [-0.4, -0.2) is 0 Å². The van der Waals surface area contributed by atoms with E-state index in [2.05, 4.69) is 553 Å². The maximum Gasteiger partial charge on any atom is 0.0540 e. The SMILES string of the molecule is c1ccc(-c2ccccc2N(c2ccc(-c3ccc(N(c4ccccc4-c4ccccc4)c4ccc5c6c(cccc46)-c4ccccc4-5)cc3)cc2)c2ccc3c4c(cccc24)-c2ccccc2-3)cc1.c1ccc2c(c1)-c1cccc3c(N(c4ccc(-c5ccc(N(c6ccc7c8c(cccc68)-c6ccccc6-7)c6ccc7ccc8cccc9ccc6c7c89)cc5)cc4)c4ccc5ccc6cccc7ccc4c5c67)ccc-2c13. The van der Waals surface area contributed by atoms with E-state index in [-0.39, 0.29) is 0 Å². The van der Waals surface area contributed by atoms with Crippen molar-refractivity contribution in [2.24, 2.45) is 0 Å². The number of fused-ring (bicyclic) bond motifs is 12. The van der Waals surface area contributed by atoms with Crippen LogP contribution in [0.4, 0.5) is 68.2 Å². The molecule has 4 aliphatic rings. The molecule has 4 aliphatic carbocycles. The number of anilines is 12. The summed E-state index contributed by atoms with van der Waals surface area (Å²) in [5, 5.41) is 25.5. The highest BCUT2D eigenvalue weighted by molar-refractivity contribution is 6.30. The molecule has 148 heavy (non-hydrogen) atoms. The van der Waals surface area contributed by atoms with Crippen LogP contribution in [0.15, 0.2) is 534 Å². The zero-order valence-corrected chi connectivity index (χ0v) is 80.6. The Hall–Kier alpha value is -19.5. The summed E-state index contributed by atoms with van der Waals surface area (Å²) < 4.78 is 0. The third kappa shape index (κ3) is 12.7. The molecular formula is C144H88N4. The van der Waals surface area contributed by atoms with E-state index in [0.29, 0.717) is 0 Å². The molecule has 0 spiro atoms. The van der Waals surface area contributed by atoms with Crippen molar-refractivity contribution in [3.63, 3.8) is 0 Å². The first-order valence-corrected chi connectivity index (χ1v) is 51.3. The van der Waals surface area contributed by atoms with Crippen LogP contribution >= 0.6 is 0 Å². The second-order valence-electron chi connectivity index (χ2n) is 39.8. The van der Waals surface area contributed by atoms with Gasteiger partial charge in [-0.15, -0.1) is 0 Å². The van der Waals surface area contributed by atoms with Gasteiger partial charge in [-0.05, 0) is 295 Å². The molecule has 28 aromatic rings. The molecule has 0 N–H and O–H groups in total. The summed E-state index contributed by atoms with van der Waals surface area (Å²) in [6.07, 6.45) is 0. The third-order valence-corrected chi connectivity index (χ3v) is 32.2. The monoisotopic (exact) mass is 1870 g/mol. The van der Waals surface area contributed by atoms with Crippen molar-refractivity contribution in [2.75, 3.05) is 19.6 Å². The molecule has 0 saturated heterocycles. The number of para-hydroxylation sites is 2. The van der Waals surface area contributed by atoms with Crippen LogP contribution in [0.2, 0.25) is 0 Å². The van der Waals surface area contributed by atoms with Crippen LogP contribution in [0.3, 0.4) is 0 Å². The molecule has 0 unspecified atom stereocenters. The highest BCUT2D eigenvalue weighted by Gasteiger charge is 2.34. The van der Waals surface area contributed by atoms with Crippen molar-refractivity contribution < 1.29 is 0 Å². The van der Waals surface area contributed by atoms with E-state index in [1.54, 1.807) is 0 Å². The Balaban J connectivity index is 0.000000135. The highest BCUT2D eigenvalue weighted by Crippen LogP contribution is 2.60. The van der Waals surface area contributed by atoms with Crippen molar-refractivity contribution in [3.05, 3.63) is 534 Å². The Morgan fingerprint density at radius 1 is 0.0878 bits per heavy atom. The minimum absolute atomic E-state index is 1.10. The second-order valence-corrected chi connectivity index (χ2v) is 39.8. The molecule has 32 rings (SSSR count). The summed E-state index contributed by atoms with van der Waals surface area (Å²) in [7, 11) is 0. The largest absolute Gasteiger partial charge is 0.309 e. The first kappa shape index (κ1) is 83.1. The smallest absolute Gasteiger partial charge is 0.0540 e. The molecule has 0 radical (unpaired) electrons. The fourth-order valence-electron chi connectivity index (χ4n) is 25.7. The zero-order chi connectivity index (χ0) is 96.9. The maximum absolute atomic E-state index is 2.51. The van der Waals surface area contributed by atoms with Gasteiger partial charge < -0.3 is 19.6 Å². The Labute approximate surface area is 856 Å². The van der Waals surface area contributed by atoms with Gasteiger partial charge in [-0.2, -0.15) is 0 Å². The normalized spacial score (nSPS) is 12.1. The number of nitrogens with zero attached hydrogens (tertiary/aromatic N) is 4. The topological polar surface area (TPSA) is 13.0 Å². The van der Waals surface area contributed by atoms with Crippen LogP contribution in [0.25, 0.3) is 241 Å². The van der Waals surface area contributed by atoms with Gasteiger partial charge in [0.15, 0.2) is 0 Å². The summed E-state index contributed by atoms with van der Waals surface area (Å²) in [5.41, 5.74) is 43.7. The summed E-state index contributed by atoms with van der Waals surface area (Å²) in [6, 6.07) is 198. The van der Waals surface area contributed by atoms with Gasteiger partial charge in [0, 0.05) is 66.2 Å². The summed E-state index contributed by atoms with van der Waals surface area (Å²) in [5.74, 6) is 0. The minimum Gasteiger partial charge on any atom is -0.309 e. The molecule has 0 amide bonds. The van der Waals surface area contributed by atoms with Crippen molar-refractivity contribution in [2.45, 2.75) is 0 Å². The van der Waals surface area contributed by atoms with Crippen molar-refractivity contribution in [3.8, 4) is 134 Å². The zero-order valence-electron chi connectivity index (χ0n) is 80.6. The first-order chi connectivity index (χ1) is 73.5. The average molecular weight is 1870 g/mol. The van der Waals surface area contributed by atoms with Gasteiger partial charge >= 0.3 is 0 Å². The Morgan fingerprint density at radius 2 is 0.277 bits per heavy atom. The van der Waals surface area contributed by atoms with E-state index >= 15 is 0 Å². The average Bonchev–Trinajstić information content (AvgIpc) is 1.15. The van der Waals surface area contributed by atoms with E-state index in [1.807, 2.05) is 0 Å². The Kier molecular flexibility index (Phi) is 18.6. The Bertz CT molecular complexity index is 9620. The van der Waals surface area contributed by atoms with Crippen molar-refractivity contribution >= 4 is 176 Å². The molecule has 0 bridgehead atoms. The van der Waals surface area contributed by atoms with E-state index in [1.165, 1.54) is 219 Å². The molecule has 0 fully saturated rings. The number of hydrogen-bond acceptors (Lipinski definition) is 4. The maximum atomic E-state index is 2.51. The predicted molar refractivity (Wildman–Crippen MR) is 629 cm³/mol. The summed E-state index contributed by atoms with van der Waals surface area (Å²) in [6.45, 7) is 0. The van der Waals surface area contributed by atoms with Crippen LogP contribution in [0, 0.1) is 0 Å². The third-order valence-electron chi connectivity index (χ3n) is 32.2. The molecule has 684 valence electrons. The highest BCUT2D eigenvalue weighted by atomic mass is 15.2. The van der Waals surface area contributed by atoms with Crippen molar-refractivity contribution in [1.29, 1.82) is 0 Å². The molecule has 0 atom stereocenters. The fourth-order valence-corrected chi connectivity index (χ4v) is 25.7. The van der Waals surface area contributed by atoms with Crippen molar-refractivity contribution in [1.82, 2.24) is 0 Å². The first-order valence-electron chi connectivity index (χ1n) is 51.3. The molecule has 0 aromatic heterocycles. The summed E-state index contributed by atoms with van der Waals surface area (Å²) >= 11 is 0. The van der Waals surface area contributed by atoms with Gasteiger partial charge in [0.2, 0.25) is 0 Å². The lowest BCUT2D eigenvalue weighted by Crippen LogP contribution is -2.12. The fraction of sp³-hybridized carbons (Fsp3) is 0. The van der Waals surface area contributed by atoms with E-state index in [0.717, 1.165) is 90.5 Å². The number of hydrogen-bond donors (Lipinski definition) is 0. The number of benzene rings is 28. The van der Waals surface area contributed by atoms with E-state index in [4.69, 9.17) is 0 Å². The predicted octanol–water partition coefficient (Wildman–Crippen LogP) is 40.9. The van der Waals surface area contributed by atoms with Gasteiger partial charge in [0.05, 0.1) is 45.5 Å². The van der Waals surface area contributed by atoms with Gasteiger partial charge in [-0.1, -0.05) is 437 Å². The quantitative estimate of drug-likeness (QED) is 0.0894. The second kappa shape index (κ2) is 33.0. The molecule has 0 heterocycles. The van der Waals surface area contributed by atoms with Gasteiger partial charge in [0.25, 0.3) is 0 Å². The molecule has 4 nitrogen and oxygen atoms in total. The van der Waals surface area contributed by atoms with Crippen LogP contribution in [0.5, 0.6) is 0 Å². The lowest BCUT2D eigenvalue weighted by molar-refractivity contribution is 1.29. The van der Waals surface area contributed by atoms with E-state index in [9.17, 15) is 0 Å².